The Hall–Kier alpha value is -7.80. The van der Waals surface area contributed by atoms with Gasteiger partial charge in [-0.1, -0.05) is 317 Å². The highest BCUT2D eigenvalue weighted by atomic mass is 14.5. The van der Waals surface area contributed by atoms with Gasteiger partial charge in [0, 0.05) is 5.41 Å². The van der Waals surface area contributed by atoms with E-state index in [9.17, 15) is 0 Å². The highest BCUT2D eigenvalue weighted by Crippen LogP contribution is 2.63. The minimum Gasteiger partial charge on any atom is -0.106 e. The van der Waals surface area contributed by atoms with E-state index in [1.807, 2.05) is 61.5 Å². The van der Waals surface area contributed by atoms with Crippen molar-refractivity contribution in [3.05, 3.63) is 330 Å². The molecule has 8 aromatic carbocycles. The molecule has 0 amide bonds. The topological polar surface area (TPSA) is 0 Å². The molecular weight excluding hydrogens is 961 g/mol. The number of fused-ring (bicyclic) bond motifs is 9. The number of aryl methyl sites for hydroxylation is 2. The Morgan fingerprint density at radius 2 is 0.938 bits per heavy atom. The summed E-state index contributed by atoms with van der Waals surface area (Å²) in [7, 11) is 0. The third-order valence-electron chi connectivity index (χ3n) is 14.7. The SMILES string of the molecule is C=C.C=C.CC.CC.CC.CC.CC1(C)c2ccccc2C2(c3ccc(Cc4ccccc4)cc3-c3c(CC4C=CC=CC4)cccc32)c2ccccc21.Cc1ccc(-c2ccccc2)cc1.Cc1ccc(C2=CC=CCC2)cc1. The number of hydrogen-bond acceptors (Lipinski definition) is 0. The second-order valence-electron chi connectivity index (χ2n) is 19.6. The first-order valence-electron chi connectivity index (χ1n) is 29.7. The highest BCUT2D eigenvalue weighted by molar-refractivity contribution is 5.90. The standard InChI is InChI=1S/C42H36.C13H14.C13H12.4C2H6.2C2H4/c1-41(2)35-19-9-11-21-37(35)42(38-22-12-10-20-36(38)41)34-25-24-31(26-29-14-5-3-6-15-29)28-33(34)40-32(18-13-23-39(40)42)27-30-16-7-4-8-17-30;2*1-11-7-9-13(10-8-11)12-5-3-2-4-6-12;6*1-2/h3-16,18-25,28,30H,17,26-27H2,1-2H3;2-3,5,7-10H,4,6H2,1H3;2-10H,1H3;4*1-2H3;2*1-2H2. The van der Waals surface area contributed by atoms with E-state index in [2.05, 4.69) is 285 Å². The molecule has 1 atom stereocenters. The molecule has 414 valence electrons. The molecule has 0 N–H and O–H groups in total. The maximum Gasteiger partial charge on any atom is 0.0719 e. The van der Waals surface area contributed by atoms with E-state index in [1.165, 1.54) is 107 Å². The smallest absolute Gasteiger partial charge is 0.0719 e. The predicted molar refractivity (Wildman–Crippen MR) is 357 cm³/mol. The molecule has 0 heteroatoms. The van der Waals surface area contributed by atoms with Crippen molar-refractivity contribution in [2.45, 2.75) is 126 Å². The van der Waals surface area contributed by atoms with Gasteiger partial charge in [0.15, 0.2) is 0 Å². The molecule has 1 unspecified atom stereocenters. The number of rotatable bonds is 6. The van der Waals surface area contributed by atoms with Crippen LogP contribution in [0.4, 0.5) is 0 Å². The fraction of sp³-hybridized carbons (Fsp3) is 0.250. The van der Waals surface area contributed by atoms with E-state index in [0.29, 0.717) is 5.92 Å². The second-order valence-corrected chi connectivity index (χ2v) is 19.6. The van der Waals surface area contributed by atoms with Crippen LogP contribution in [0.2, 0.25) is 0 Å². The van der Waals surface area contributed by atoms with E-state index < -0.39 is 0 Å². The third-order valence-corrected chi connectivity index (χ3v) is 14.7. The minimum absolute atomic E-state index is 0.0779. The zero-order chi connectivity index (χ0) is 58.5. The first-order valence-corrected chi connectivity index (χ1v) is 29.7. The summed E-state index contributed by atoms with van der Waals surface area (Å²) in [5.41, 5.74) is 23.3. The van der Waals surface area contributed by atoms with Crippen molar-refractivity contribution in [2.24, 2.45) is 5.92 Å². The van der Waals surface area contributed by atoms with E-state index in [1.54, 1.807) is 0 Å². The lowest BCUT2D eigenvalue weighted by molar-refractivity contribution is 0.563. The van der Waals surface area contributed by atoms with Gasteiger partial charge in [-0.3, -0.25) is 0 Å². The Labute approximate surface area is 486 Å². The van der Waals surface area contributed by atoms with Crippen molar-refractivity contribution in [2.75, 3.05) is 0 Å². The van der Waals surface area contributed by atoms with Crippen LogP contribution in [0, 0.1) is 19.8 Å². The summed E-state index contributed by atoms with van der Waals surface area (Å²) in [4.78, 5) is 0. The van der Waals surface area contributed by atoms with Crippen LogP contribution in [0.5, 0.6) is 0 Å². The average Bonchev–Trinajstić information content (AvgIpc) is 3.42. The summed E-state index contributed by atoms with van der Waals surface area (Å²) in [6.07, 6.45) is 21.2. The van der Waals surface area contributed by atoms with Crippen molar-refractivity contribution in [1.82, 2.24) is 0 Å². The molecule has 0 bridgehead atoms. The second kappa shape index (κ2) is 33.6. The van der Waals surface area contributed by atoms with Crippen LogP contribution in [-0.2, 0) is 23.7 Å². The van der Waals surface area contributed by atoms with Gasteiger partial charge in [-0.15, -0.1) is 26.3 Å². The van der Waals surface area contributed by atoms with Gasteiger partial charge in [0.05, 0.1) is 5.41 Å². The lowest BCUT2D eigenvalue weighted by Gasteiger charge is -2.46. The van der Waals surface area contributed by atoms with Gasteiger partial charge in [-0.25, -0.2) is 0 Å². The molecule has 0 aromatic heterocycles. The zero-order valence-corrected chi connectivity index (χ0v) is 51.0. The molecule has 0 fully saturated rings. The van der Waals surface area contributed by atoms with Gasteiger partial charge in [0.2, 0.25) is 0 Å². The monoisotopic (exact) mass is 1050 g/mol. The normalized spacial score (nSPS) is 14.2. The van der Waals surface area contributed by atoms with Gasteiger partial charge < -0.3 is 0 Å². The summed E-state index contributed by atoms with van der Waals surface area (Å²) < 4.78 is 0. The molecule has 4 aliphatic rings. The van der Waals surface area contributed by atoms with E-state index in [-0.39, 0.29) is 10.8 Å². The van der Waals surface area contributed by atoms with Crippen molar-refractivity contribution < 1.29 is 0 Å². The number of hydrogen-bond donors (Lipinski definition) is 0. The molecule has 1 spiro atoms. The summed E-state index contributed by atoms with van der Waals surface area (Å²) in [6.45, 7) is 37.0. The van der Waals surface area contributed by atoms with Gasteiger partial charge in [-0.2, -0.15) is 0 Å². The van der Waals surface area contributed by atoms with Crippen molar-refractivity contribution >= 4 is 5.57 Å². The summed E-state index contributed by atoms with van der Waals surface area (Å²) >= 11 is 0. The summed E-state index contributed by atoms with van der Waals surface area (Å²) in [6, 6.07) is 71.7. The average molecular weight is 1060 g/mol. The van der Waals surface area contributed by atoms with Crippen LogP contribution in [-0.4, -0.2) is 0 Å². The van der Waals surface area contributed by atoms with Crippen LogP contribution in [0.25, 0.3) is 27.8 Å². The quantitative estimate of drug-likeness (QED) is 0.146. The Morgan fingerprint density at radius 3 is 1.46 bits per heavy atom. The molecule has 0 saturated carbocycles. The Bertz CT molecular complexity index is 3140. The molecule has 0 aliphatic heterocycles. The maximum absolute atomic E-state index is 3.00. The van der Waals surface area contributed by atoms with Crippen LogP contribution in [0.15, 0.2) is 263 Å². The van der Waals surface area contributed by atoms with Gasteiger partial charge in [0.25, 0.3) is 0 Å². The lowest BCUT2D eigenvalue weighted by Crippen LogP contribution is -2.40. The van der Waals surface area contributed by atoms with Crippen LogP contribution in [0.3, 0.4) is 0 Å². The molecule has 12 rings (SSSR count). The fourth-order valence-electron chi connectivity index (χ4n) is 11.2. The lowest BCUT2D eigenvalue weighted by atomic mass is 9.55. The molecule has 80 heavy (non-hydrogen) atoms. The molecule has 4 aliphatic carbocycles. The van der Waals surface area contributed by atoms with Gasteiger partial charge >= 0.3 is 0 Å². The Balaban J connectivity index is 0.000000296. The molecule has 0 nitrogen and oxygen atoms in total. The van der Waals surface area contributed by atoms with Gasteiger partial charge in [-0.05, 0) is 135 Å². The van der Waals surface area contributed by atoms with Crippen LogP contribution in [0.1, 0.15) is 155 Å². The first kappa shape index (κ1) is 64.7. The highest BCUT2D eigenvalue weighted by Gasteiger charge is 2.53. The predicted octanol–water partition coefficient (Wildman–Crippen LogP) is 23.1. The Morgan fingerprint density at radius 1 is 0.438 bits per heavy atom. The molecule has 0 saturated heterocycles. The van der Waals surface area contributed by atoms with Crippen LogP contribution >= 0.6 is 0 Å². The van der Waals surface area contributed by atoms with Crippen molar-refractivity contribution in [3.8, 4) is 22.3 Å². The molecule has 0 heterocycles. The third kappa shape index (κ3) is 15.1. The van der Waals surface area contributed by atoms with Crippen LogP contribution < -0.4 is 0 Å². The molecule has 0 radical (unpaired) electrons. The fourth-order valence-corrected chi connectivity index (χ4v) is 11.2. The van der Waals surface area contributed by atoms with Crippen molar-refractivity contribution in [1.29, 1.82) is 0 Å². The summed E-state index contributed by atoms with van der Waals surface area (Å²) in [5, 5.41) is 0. The Kier molecular flexibility index (Phi) is 27.2. The molecule has 8 aromatic rings. The minimum atomic E-state index is -0.336. The van der Waals surface area contributed by atoms with Gasteiger partial charge in [0.1, 0.15) is 0 Å². The number of allylic oxidation sites excluding steroid dienone is 8. The molecular formula is C80H94. The van der Waals surface area contributed by atoms with E-state index in [4.69, 9.17) is 0 Å². The largest absolute Gasteiger partial charge is 0.106 e. The zero-order valence-electron chi connectivity index (χ0n) is 51.0. The number of benzene rings is 8. The first-order chi connectivity index (χ1) is 39.3. The van der Waals surface area contributed by atoms with E-state index >= 15 is 0 Å². The van der Waals surface area contributed by atoms with E-state index in [0.717, 1.165) is 19.3 Å². The van der Waals surface area contributed by atoms with Crippen molar-refractivity contribution in [3.63, 3.8) is 0 Å². The maximum atomic E-state index is 3.00. The summed E-state index contributed by atoms with van der Waals surface area (Å²) in [5.74, 6) is 0.527.